The van der Waals surface area contributed by atoms with Gasteiger partial charge in [0, 0.05) is 19.2 Å². The van der Waals surface area contributed by atoms with Crippen LogP contribution in [0.2, 0.25) is 0 Å². The summed E-state index contributed by atoms with van der Waals surface area (Å²) in [5, 5.41) is 5.91. The average Bonchev–Trinajstić information content (AvgIpc) is 3.44. The number of benzene rings is 1. The van der Waals surface area contributed by atoms with Gasteiger partial charge in [-0.15, -0.1) is 0 Å². The third-order valence-corrected chi connectivity index (χ3v) is 6.43. The molecule has 1 aromatic rings. The number of sulfone groups is 1. The van der Waals surface area contributed by atoms with Crippen LogP contribution in [0.25, 0.3) is 0 Å². The third kappa shape index (κ3) is 4.09. The molecule has 0 bridgehead atoms. The second-order valence-electron chi connectivity index (χ2n) is 7.78. The van der Waals surface area contributed by atoms with Crippen molar-refractivity contribution in [1.82, 2.24) is 10.6 Å². The summed E-state index contributed by atoms with van der Waals surface area (Å²) in [6.45, 7) is 3.03. The number of nitrogens with one attached hydrogen (secondary N) is 2. The first-order chi connectivity index (χ1) is 12.1. The molecule has 0 radical (unpaired) electrons. The van der Waals surface area contributed by atoms with E-state index in [-0.39, 0.29) is 22.8 Å². The highest BCUT2D eigenvalue weighted by atomic mass is 32.2. The lowest BCUT2D eigenvalue weighted by Gasteiger charge is -2.32. The highest BCUT2D eigenvalue weighted by Crippen LogP contribution is 2.44. The van der Waals surface area contributed by atoms with Crippen molar-refractivity contribution in [3.8, 4) is 0 Å². The molecule has 1 unspecified atom stereocenters. The van der Waals surface area contributed by atoms with Crippen LogP contribution in [-0.4, -0.2) is 32.5 Å². The molecule has 26 heavy (non-hydrogen) atoms. The van der Waals surface area contributed by atoms with Crippen molar-refractivity contribution in [2.24, 2.45) is 11.8 Å². The van der Waals surface area contributed by atoms with E-state index in [0.29, 0.717) is 17.4 Å². The largest absolute Gasteiger partial charge is 0.350 e. The standard InChI is InChI=1S/C19H26N2O4S/c1-12(22)21-19(2,15-8-10-16(11-9-15)26(3,24)25)18(23)20-17(13-4-5-13)14-6-7-14/h8-11,13-14,17H,4-7H2,1-3H3,(H,20,23)(H,21,22). The van der Waals surface area contributed by atoms with Gasteiger partial charge in [0.15, 0.2) is 9.84 Å². The molecule has 2 fully saturated rings. The highest BCUT2D eigenvalue weighted by molar-refractivity contribution is 7.90. The van der Waals surface area contributed by atoms with Crippen LogP contribution in [-0.2, 0) is 25.0 Å². The van der Waals surface area contributed by atoms with Gasteiger partial charge in [0.25, 0.3) is 0 Å². The molecule has 0 saturated heterocycles. The van der Waals surface area contributed by atoms with Gasteiger partial charge in [0.2, 0.25) is 11.8 Å². The molecular formula is C19H26N2O4S. The summed E-state index contributed by atoms with van der Waals surface area (Å²) in [6.07, 6.45) is 5.70. The van der Waals surface area contributed by atoms with Gasteiger partial charge < -0.3 is 10.6 Å². The van der Waals surface area contributed by atoms with Crippen LogP contribution < -0.4 is 10.6 Å². The van der Waals surface area contributed by atoms with Gasteiger partial charge in [-0.05, 0) is 62.1 Å². The Morgan fingerprint density at radius 2 is 1.58 bits per heavy atom. The van der Waals surface area contributed by atoms with Crippen LogP contribution in [0, 0.1) is 11.8 Å². The van der Waals surface area contributed by atoms with Gasteiger partial charge in [0.1, 0.15) is 5.54 Å². The van der Waals surface area contributed by atoms with E-state index in [0.717, 1.165) is 31.9 Å². The van der Waals surface area contributed by atoms with Crippen LogP contribution in [0.3, 0.4) is 0 Å². The van der Waals surface area contributed by atoms with E-state index in [1.807, 2.05) is 0 Å². The first-order valence-electron chi connectivity index (χ1n) is 9.01. The summed E-state index contributed by atoms with van der Waals surface area (Å²) in [5.41, 5.74) is -0.688. The Kier molecular flexibility index (Phi) is 4.86. The second-order valence-corrected chi connectivity index (χ2v) is 9.79. The minimum Gasteiger partial charge on any atom is -0.350 e. The summed E-state index contributed by atoms with van der Waals surface area (Å²) < 4.78 is 23.3. The summed E-state index contributed by atoms with van der Waals surface area (Å²) in [5.74, 6) is 0.522. The van der Waals surface area contributed by atoms with Crippen LogP contribution in [0.4, 0.5) is 0 Å². The quantitative estimate of drug-likeness (QED) is 0.756. The number of amides is 2. The van der Waals surface area contributed by atoms with Crippen LogP contribution in [0.5, 0.6) is 0 Å². The maximum absolute atomic E-state index is 13.1. The predicted octanol–water partition coefficient (Wildman–Crippen LogP) is 1.75. The van der Waals surface area contributed by atoms with Crippen LogP contribution >= 0.6 is 0 Å². The van der Waals surface area contributed by atoms with E-state index in [1.165, 1.54) is 19.1 Å². The van der Waals surface area contributed by atoms with E-state index in [9.17, 15) is 18.0 Å². The first kappa shape index (κ1) is 18.9. The molecule has 1 aromatic carbocycles. The molecule has 6 nitrogen and oxygen atoms in total. The van der Waals surface area contributed by atoms with Crippen molar-refractivity contribution in [3.05, 3.63) is 29.8 Å². The zero-order chi connectivity index (χ0) is 19.1. The van der Waals surface area contributed by atoms with E-state index in [2.05, 4.69) is 10.6 Å². The molecule has 2 aliphatic carbocycles. The Hall–Kier alpha value is -1.89. The molecule has 0 heterocycles. The first-order valence-corrected chi connectivity index (χ1v) is 10.9. The Morgan fingerprint density at radius 1 is 1.08 bits per heavy atom. The minimum atomic E-state index is -3.32. The molecule has 7 heteroatoms. The van der Waals surface area contributed by atoms with Crippen molar-refractivity contribution in [2.75, 3.05) is 6.26 Å². The van der Waals surface area contributed by atoms with Gasteiger partial charge >= 0.3 is 0 Å². The second kappa shape index (κ2) is 6.68. The highest BCUT2D eigenvalue weighted by Gasteiger charge is 2.45. The summed E-state index contributed by atoms with van der Waals surface area (Å²) in [7, 11) is -3.32. The summed E-state index contributed by atoms with van der Waals surface area (Å²) in [4.78, 5) is 25.0. The topological polar surface area (TPSA) is 92.3 Å². The van der Waals surface area contributed by atoms with E-state index in [4.69, 9.17) is 0 Å². The van der Waals surface area contributed by atoms with E-state index in [1.54, 1.807) is 19.1 Å². The molecule has 142 valence electrons. The van der Waals surface area contributed by atoms with Crippen LogP contribution in [0.15, 0.2) is 29.2 Å². The fourth-order valence-corrected chi connectivity index (χ4v) is 4.11. The van der Waals surface area contributed by atoms with E-state index < -0.39 is 15.4 Å². The Morgan fingerprint density at radius 3 is 1.96 bits per heavy atom. The maximum atomic E-state index is 13.1. The van der Waals surface area contributed by atoms with Crippen molar-refractivity contribution in [3.63, 3.8) is 0 Å². The molecule has 2 saturated carbocycles. The Labute approximate surface area is 154 Å². The lowest BCUT2D eigenvalue weighted by Crippen LogP contribution is -2.56. The third-order valence-electron chi connectivity index (χ3n) is 5.30. The van der Waals surface area contributed by atoms with Crippen molar-refractivity contribution >= 4 is 21.7 Å². The van der Waals surface area contributed by atoms with Crippen molar-refractivity contribution < 1.29 is 18.0 Å². The predicted molar refractivity (Wildman–Crippen MR) is 98.1 cm³/mol. The zero-order valence-corrected chi connectivity index (χ0v) is 16.2. The number of hydrogen-bond donors (Lipinski definition) is 2. The Balaban J connectivity index is 1.87. The molecule has 2 N–H and O–H groups in total. The number of rotatable bonds is 7. The molecule has 0 spiro atoms. The molecular weight excluding hydrogens is 352 g/mol. The number of hydrogen-bond acceptors (Lipinski definition) is 4. The molecule has 1 atom stereocenters. The van der Waals surface area contributed by atoms with Gasteiger partial charge in [-0.1, -0.05) is 12.1 Å². The summed E-state index contributed by atoms with van der Waals surface area (Å²) >= 11 is 0. The van der Waals surface area contributed by atoms with Gasteiger partial charge in [-0.2, -0.15) is 0 Å². The fraction of sp³-hybridized carbons (Fsp3) is 0.579. The Bertz CT molecular complexity index is 798. The van der Waals surface area contributed by atoms with Crippen molar-refractivity contribution in [1.29, 1.82) is 0 Å². The lowest BCUT2D eigenvalue weighted by molar-refractivity contribution is -0.133. The van der Waals surface area contributed by atoms with E-state index >= 15 is 0 Å². The lowest BCUT2D eigenvalue weighted by atomic mass is 9.90. The fourth-order valence-electron chi connectivity index (χ4n) is 3.47. The molecule has 3 rings (SSSR count). The van der Waals surface area contributed by atoms with Crippen molar-refractivity contribution in [2.45, 2.75) is 56.0 Å². The minimum absolute atomic E-state index is 0.172. The smallest absolute Gasteiger partial charge is 0.250 e. The number of carbonyl (C=O) groups is 2. The maximum Gasteiger partial charge on any atom is 0.250 e. The number of carbonyl (C=O) groups excluding carboxylic acids is 2. The summed E-state index contributed by atoms with van der Waals surface area (Å²) in [6, 6.07) is 6.30. The zero-order valence-electron chi connectivity index (χ0n) is 15.4. The monoisotopic (exact) mass is 378 g/mol. The van der Waals surface area contributed by atoms with Gasteiger partial charge in [-0.3, -0.25) is 9.59 Å². The molecule has 2 aliphatic rings. The average molecular weight is 378 g/mol. The van der Waals surface area contributed by atoms with Crippen LogP contribution in [0.1, 0.15) is 45.1 Å². The molecule has 0 aromatic heterocycles. The van der Waals surface area contributed by atoms with Gasteiger partial charge in [0.05, 0.1) is 4.90 Å². The van der Waals surface area contributed by atoms with Gasteiger partial charge in [-0.25, -0.2) is 8.42 Å². The molecule has 0 aliphatic heterocycles. The normalized spacial score (nSPS) is 19.7. The SMILES string of the molecule is CC(=O)NC(C)(C(=O)NC(C1CC1)C1CC1)c1ccc(S(C)(=O)=O)cc1. The molecule has 2 amide bonds.